The summed E-state index contributed by atoms with van der Waals surface area (Å²) in [5.74, 6) is -0.0964. The van der Waals surface area contributed by atoms with E-state index in [4.69, 9.17) is 0 Å². The van der Waals surface area contributed by atoms with Gasteiger partial charge in [0.15, 0.2) is 5.78 Å². The number of Topliss-reactive ketones (excluding diaryl/α,β-unsaturated/α-hetero) is 1. The summed E-state index contributed by atoms with van der Waals surface area (Å²) in [6, 6.07) is 5.57. The molecule has 0 atom stereocenters. The molecule has 21 heavy (non-hydrogen) atoms. The van der Waals surface area contributed by atoms with Crippen LogP contribution in [-0.2, 0) is 6.54 Å². The van der Waals surface area contributed by atoms with Crippen LogP contribution in [0.25, 0.3) is 0 Å². The van der Waals surface area contributed by atoms with Gasteiger partial charge in [0.05, 0.1) is 16.7 Å². The maximum atomic E-state index is 12.4. The zero-order chi connectivity index (χ0) is 15.7. The minimum Gasteiger partial charge on any atom is -0.292 e. The van der Waals surface area contributed by atoms with Gasteiger partial charge in [0.25, 0.3) is 0 Å². The maximum Gasteiger partial charge on any atom is 0.348 e. The fraction of sp³-hybridized carbons (Fsp3) is 0.312. The molecule has 0 aliphatic rings. The number of benzene rings is 1. The molecule has 0 spiro atoms. The highest BCUT2D eigenvalue weighted by atomic mass is 79.9. The largest absolute Gasteiger partial charge is 0.348 e. The van der Waals surface area contributed by atoms with Crippen LogP contribution in [0.4, 0.5) is 0 Å². The molecule has 4 nitrogen and oxygen atoms in total. The van der Waals surface area contributed by atoms with Gasteiger partial charge in [-0.25, -0.2) is 4.79 Å². The Morgan fingerprint density at radius 2 is 1.86 bits per heavy atom. The normalized spacial score (nSPS) is 10.7. The van der Waals surface area contributed by atoms with Crippen molar-refractivity contribution in [2.45, 2.75) is 34.2 Å². The molecular formula is C16H17BrN2O2. The summed E-state index contributed by atoms with van der Waals surface area (Å²) in [5.41, 5.74) is 3.76. The Morgan fingerprint density at radius 3 is 2.48 bits per heavy atom. The van der Waals surface area contributed by atoms with Crippen molar-refractivity contribution in [3.8, 4) is 0 Å². The lowest BCUT2D eigenvalue weighted by Crippen LogP contribution is -2.29. The standard InChI is InChI=1S/C16H17BrN2O2/c1-9-5-6-13(7-10(9)2)14(20)8-19-12(4)15(17)11(3)18-16(19)21/h5-7H,8H2,1-4H3. The van der Waals surface area contributed by atoms with Crippen molar-refractivity contribution >= 4 is 21.7 Å². The Balaban J connectivity index is 2.38. The van der Waals surface area contributed by atoms with Crippen molar-refractivity contribution in [1.82, 2.24) is 9.55 Å². The molecule has 0 unspecified atom stereocenters. The summed E-state index contributed by atoms with van der Waals surface area (Å²) in [6.45, 7) is 7.52. The van der Waals surface area contributed by atoms with E-state index >= 15 is 0 Å². The minimum absolute atomic E-state index is 0.000945. The van der Waals surface area contributed by atoms with Gasteiger partial charge in [0.1, 0.15) is 0 Å². The predicted molar refractivity (Wildman–Crippen MR) is 85.9 cm³/mol. The van der Waals surface area contributed by atoms with Gasteiger partial charge in [-0.3, -0.25) is 9.36 Å². The summed E-state index contributed by atoms with van der Waals surface area (Å²) in [4.78, 5) is 28.3. The molecule has 0 saturated carbocycles. The number of nitrogens with zero attached hydrogens (tertiary/aromatic N) is 2. The highest BCUT2D eigenvalue weighted by molar-refractivity contribution is 9.10. The minimum atomic E-state index is -0.398. The topological polar surface area (TPSA) is 52.0 Å². The van der Waals surface area contributed by atoms with Gasteiger partial charge >= 0.3 is 5.69 Å². The van der Waals surface area contributed by atoms with Crippen LogP contribution in [0.1, 0.15) is 32.9 Å². The molecule has 2 aromatic rings. The van der Waals surface area contributed by atoms with Gasteiger partial charge in [0, 0.05) is 11.3 Å². The Hall–Kier alpha value is -1.75. The molecule has 0 aliphatic heterocycles. The SMILES string of the molecule is Cc1ccc(C(=O)Cn2c(C)c(Br)c(C)nc2=O)cc1C. The van der Waals surface area contributed by atoms with Crippen molar-refractivity contribution in [1.29, 1.82) is 0 Å². The second-order valence-electron chi connectivity index (χ2n) is 5.19. The first-order chi connectivity index (χ1) is 9.81. The highest BCUT2D eigenvalue weighted by Gasteiger charge is 2.14. The van der Waals surface area contributed by atoms with Crippen molar-refractivity contribution in [2.24, 2.45) is 0 Å². The number of carbonyl (C=O) groups is 1. The molecule has 1 aromatic carbocycles. The van der Waals surface area contributed by atoms with Gasteiger partial charge in [-0.2, -0.15) is 4.98 Å². The summed E-state index contributed by atoms with van der Waals surface area (Å²) in [6.07, 6.45) is 0. The average Bonchev–Trinajstić information content (AvgIpc) is 2.44. The molecule has 0 aliphatic carbocycles. The summed E-state index contributed by atoms with van der Waals surface area (Å²) >= 11 is 3.40. The number of hydrogen-bond acceptors (Lipinski definition) is 3. The first-order valence-electron chi connectivity index (χ1n) is 6.65. The average molecular weight is 349 g/mol. The number of aromatic nitrogens is 2. The van der Waals surface area contributed by atoms with Gasteiger partial charge < -0.3 is 0 Å². The fourth-order valence-electron chi connectivity index (χ4n) is 2.11. The molecular weight excluding hydrogens is 332 g/mol. The third-order valence-corrected chi connectivity index (χ3v) is 4.81. The lowest BCUT2D eigenvalue weighted by atomic mass is 10.0. The van der Waals surface area contributed by atoms with E-state index < -0.39 is 5.69 Å². The molecule has 2 rings (SSSR count). The first-order valence-corrected chi connectivity index (χ1v) is 7.44. The van der Waals surface area contributed by atoms with E-state index in [1.807, 2.05) is 26.0 Å². The molecule has 5 heteroatoms. The molecule has 1 heterocycles. The zero-order valence-corrected chi connectivity index (χ0v) is 14.1. The summed E-state index contributed by atoms with van der Waals surface area (Å²) < 4.78 is 2.16. The van der Waals surface area contributed by atoms with Gasteiger partial charge in [-0.05, 0) is 60.8 Å². The molecule has 0 amide bonds. The third-order valence-electron chi connectivity index (χ3n) is 3.67. The monoisotopic (exact) mass is 348 g/mol. The number of aryl methyl sites for hydroxylation is 3. The van der Waals surface area contributed by atoms with Crippen LogP contribution in [0.3, 0.4) is 0 Å². The lowest BCUT2D eigenvalue weighted by Gasteiger charge is -2.12. The van der Waals surface area contributed by atoms with Gasteiger partial charge in [-0.15, -0.1) is 0 Å². The van der Waals surface area contributed by atoms with Crippen LogP contribution in [0.2, 0.25) is 0 Å². The Bertz CT molecular complexity index is 779. The highest BCUT2D eigenvalue weighted by Crippen LogP contribution is 2.17. The number of halogens is 1. The quantitative estimate of drug-likeness (QED) is 0.800. The van der Waals surface area contributed by atoms with Crippen LogP contribution in [0, 0.1) is 27.7 Å². The second kappa shape index (κ2) is 5.93. The van der Waals surface area contributed by atoms with Crippen molar-refractivity contribution in [2.75, 3.05) is 0 Å². The Morgan fingerprint density at radius 1 is 1.19 bits per heavy atom. The van der Waals surface area contributed by atoms with Crippen LogP contribution < -0.4 is 5.69 Å². The van der Waals surface area contributed by atoms with Crippen molar-refractivity contribution in [3.05, 3.63) is 61.2 Å². The van der Waals surface area contributed by atoms with E-state index in [1.54, 1.807) is 19.9 Å². The fourth-order valence-corrected chi connectivity index (χ4v) is 2.42. The third kappa shape index (κ3) is 3.13. The smallest absolute Gasteiger partial charge is 0.292 e. The number of carbonyl (C=O) groups excluding carboxylic acids is 1. The first kappa shape index (κ1) is 15.6. The van der Waals surface area contributed by atoms with Crippen LogP contribution >= 0.6 is 15.9 Å². The molecule has 0 N–H and O–H groups in total. The molecule has 0 fully saturated rings. The summed E-state index contributed by atoms with van der Waals surface area (Å²) in [7, 11) is 0. The van der Waals surface area contributed by atoms with Gasteiger partial charge in [-0.1, -0.05) is 12.1 Å². The van der Waals surface area contributed by atoms with Crippen molar-refractivity contribution in [3.63, 3.8) is 0 Å². The Labute approximate surface area is 132 Å². The number of ketones is 1. The molecule has 110 valence electrons. The number of rotatable bonds is 3. The molecule has 0 bridgehead atoms. The second-order valence-corrected chi connectivity index (χ2v) is 5.98. The van der Waals surface area contributed by atoms with E-state index in [9.17, 15) is 9.59 Å². The van der Waals surface area contributed by atoms with E-state index in [-0.39, 0.29) is 12.3 Å². The molecule has 0 radical (unpaired) electrons. The van der Waals surface area contributed by atoms with E-state index in [1.165, 1.54) is 4.57 Å². The zero-order valence-electron chi connectivity index (χ0n) is 12.5. The predicted octanol–water partition coefficient (Wildman–Crippen LogP) is 3.12. The molecule has 0 saturated heterocycles. The van der Waals surface area contributed by atoms with Crippen LogP contribution in [0.15, 0.2) is 27.5 Å². The van der Waals surface area contributed by atoms with Crippen LogP contribution in [-0.4, -0.2) is 15.3 Å². The lowest BCUT2D eigenvalue weighted by molar-refractivity contribution is 0.0969. The molecule has 1 aromatic heterocycles. The maximum absolute atomic E-state index is 12.4. The van der Waals surface area contributed by atoms with E-state index in [0.717, 1.165) is 15.6 Å². The summed E-state index contributed by atoms with van der Waals surface area (Å²) in [5, 5.41) is 0. The van der Waals surface area contributed by atoms with Crippen molar-refractivity contribution < 1.29 is 4.79 Å². The van der Waals surface area contributed by atoms with Crippen LogP contribution in [0.5, 0.6) is 0 Å². The number of hydrogen-bond donors (Lipinski definition) is 0. The van der Waals surface area contributed by atoms with Gasteiger partial charge in [0.2, 0.25) is 0 Å². The van der Waals surface area contributed by atoms with E-state index in [2.05, 4.69) is 20.9 Å². The van der Waals surface area contributed by atoms with E-state index in [0.29, 0.717) is 17.0 Å². The Kier molecular flexibility index (Phi) is 4.42.